The Balaban J connectivity index is 1.17. The molecule has 0 aliphatic heterocycles. The van der Waals surface area contributed by atoms with Crippen molar-refractivity contribution in [2.24, 2.45) is 0 Å². The maximum atomic E-state index is 2.34. The van der Waals surface area contributed by atoms with Gasteiger partial charge in [0.15, 0.2) is 0 Å². The van der Waals surface area contributed by atoms with Crippen LogP contribution in [0, 0.1) is 0 Å². The van der Waals surface area contributed by atoms with Crippen molar-refractivity contribution in [3.8, 4) is 33.4 Å². The Hall–Kier alpha value is -6.76. The highest BCUT2D eigenvalue weighted by molar-refractivity contribution is 6.21. The van der Waals surface area contributed by atoms with E-state index in [1.165, 1.54) is 88.0 Å². The molecule has 0 bridgehead atoms. The molecular formula is C52H36. The summed E-state index contributed by atoms with van der Waals surface area (Å²) in [5.41, 5.74) is 12.1. The number of hydrogen-bond donors (Lipinski definition) is 0. The van der Waals surface area contributed by atoms with Crippen LogP contribution in [0.5, 0.6) is 0 Å². The third-order valence-electron chi connectivity index (χ3n) is 10.1. The molecule has 0 fully saturated rings. The fourth-order valence-corrected chi connectivity index (χ4v) is 7.49. The Bertz CT molecular complexity index is 2690. The molecule has 0 aliphatic carbocycles. The molecule has 0 unspecified atom stereocenters. The molecule has 0 N–H and O–H groups in total. The Kier molecular flexibility index (Phi) is 8.33. The molecule has 0 aliphatic rings. The molecule has 52 heavy (non-hydrogen) atoms. The summed E-state index contributed by atoms with van der Waals surface area (Å²) in [7, 11) is 0. The third-order valence-corrected chi connectivity index (χ3v) is 10.1. The Morgan fingerprint density at radius 3 is 1.35 bits per heavy atom. The van der Waals surface area contributed by atoms with E-state index < -0.39 is 0 Å². The van der Waals surface area contributed by atoms with Gasteiger partial charge in [0, 0.05) is 0 Å². The van der Waals surface area contributed by atoms with E-state index in [1.54, 1.807) is 0 Å². The van der Waals surface area contributed by atoms with Gasteiger partial charge in [-0.25, -0.2) is 0 Å². The fourth-order valence-electron chi connectivity index (χ4n) is 7.49. The Morgan fingerprint density at radius 1 is 0.269 bits per heavy atom. The average molecular weight is 661 g/mol. The summed E-state index contributed by atoms with van der Waals surface area (Å²) in [4.78, 5) is 0. The van der Waals surface area contributed by atoms with E-state index in [1.807, 2.05) is 0 Å². The van der Waals surface area contributed by atoms with Crippen LogP contribution in [0.3, 0.4) is 0 Å². The molecular weight excluding hydrogens is 625 g/mol. The van der Waals surface area contributed by atoms with Crippen LogP contribution < -0.4 is 0 Å². The summed E-state index contributed by atoms with van der Waals surface area (Å²) in [6.07, 6.45) is 8.81. The topological polar surface area (TPSA) is 0 Å². The molecule has 0 saturated carbocycles. The van der Waals surface area contributed by atoms with Gasteiger partial charge in [0.05, 0.1) is 0 Å². The average Bonchev–Trinajstić information content (AvgIpc) is 3.22. The number of rotatable bonds is 7. The standard InChI is InChI=1S/C52H36/c1-3-13-37(14-4-1)23-24-39-26-28-41(27-25-38-15-5-2-6-16-38)50(35-39)42-30-32-43(33-31-42)51-46-19-9-11-21-48(46)52(49-22-12-10-20-47(49)51)45-34-29-40-17-7-8-18-44(40)36-45/h1-36H. The van der Waals surface area contributed by atoms with Gasteiger partial charge >= 0.3 is 0 Å². The van der Waals surface area contributed by atoms with Gasteiger partial charge in [-0.3, -0.25) is 0 Å². The second-order valence-electron chi connectivity index (χ2n) is 13.3. The minimum atomic E-state index is 1.17. The summed E-state index contributed by atoms with van der Waals surface area (Å²) in [6.45, 7) is 0. The van der Waals surface area contributed by atoms with Crippen LogP contribution in [-0.2, 0) is 0 Å². The monoisotopic (exact) mass is 660 g/mol. The van der Waals surface area contributed by atoms with Gasteiger partial charge in [-0.2, -0.15) is 0 Å². The van der Waals surface area contributed by atoms with Gasteiger partial charge in [-0.05, 0) is 100 Å². The molecule has 9 rings (SSSR count). The number of benzene rings is 9. The van der Waals surface area contributed by atoms with Crippen molar-refractivity contribution >= 4 is 56.6 Å². The number of hydrogen-bond acceptors (Lipinski definition) is 0. The molecule has 0 radical (unpaired) electrons. The first-order chi connectivity index (χ1) is 25.8. The van der Waals surface area contributed by atoms with Gasteiger partial charge in [-0.1, -0.05) is 206 Å². The van der Waals surface area contributed by atoms with E-state index in [2.05, 4.69) is 218 Å². The fraction of sp³-hybridized carbons (Fsp3) is 0. The highest BCUT2D eigenvalue weighted by Crippen LogP contribution is 2.44. The Morgan fingerprint density at radius 2 is 0.731 bits per heavy atom. The van der Waals surface area contributed by atoms with Crippen LogP contribution in [0.1, 0.15) is 22.3 Å². The number of fused-ring (bicyclic) bond motifs is 3. The van der Waals surface area contributed by atoms with Crippen molar-refractivity contribution in [3.63, 3.8) is 0 Å². The van der Waals surface area contributed by atoms with Gasteiger partial charge in [0.1, 0.15) is 0 Å². The smallest absolute Gasteiger partial charge is 0.00262 e. The third kappa shape index (κ3) is 6.12. The lowest BCUT2D eigenvalue weighted by molar-refractivity contribution is 1.57. The van der Waals surface area contributed by atoms with Crippen LogP contribution in [0.4, 0.5) is 0 Å². The maximum Gasteiger partial charge on any atom is -0.00262 e. The van der Waals surface area contributed by atoms with Gasteiger partial charge < -0.3 is 0 Å². The van der Waals surface area contributed by atoms with Gasteiger partial charge in [-0.15, -0.1) is 0 Å². The van der Waals surface area contributed by atoms with E-state index in [0.717, 1.165) is 0 Å². The zero-order valence-corrected chi connectivity index (χ0v) is 28.8. The summed E-state index contributed by atoms with van der Waals surface area (Å²) in [5.74, 6) is 0. The predicted octanol–water partition coefficient (Wildman–Crippen LogP) is 14.5. The molecule has 0 nitrogen and oxygen atoms in total. The Labute approximate surface area is 305 Å². The highest BCUT2D eigenvalue weighted by Gasteiger charge is 2.17. The van der Waals surface area contributed by atoms with E-state index in [9.17, 15) is 0 Å². The first-order valence-electron chi connectivity index (χ1n) is 17.9. The maximum absolute atomic E-state index is 2.34. The lowest BCUT2D eigenvalue weighted by Gasteiger charge is -2.18. The first kappa shape index (κ1) is 31.2. The van der Waals surface area contributed by atoms with Crippen molar-refractivity contribution in [3.05, 3.63) is 216 Å². The molecule has 9 aromatic rings. The normalized spacial score (nSPS) is 11.7. The minimum absolute atomic E-state index is 1.17. The van der Waals surface area contributed by atoms with E-state index in [4.69, 9.17) is 0 Å². The van der Waals surface area contributed by atoms with Crippen molar-refractivity contribution in [1.82, 2.24) is 0 Å². The van der Waals surface area contributed by atoms with Crippen molar-refractivity contribution in [1.29, 1.82) is 0 Å². The molecule has 0 heterocycles. The van der Waals surface area contributed by atoms with Crippen LogP contribution in [-0.4, -0.2) is 0 Å². The van der Waals surface area contributed by atoms with Crippen LogP contribution >= 0.6 is 0 Å². The predicted molar refractivity (Wildman–Crippen MR) is 226 cm³/mol. The minimum Gasteiger partial charge on any atom is -0.0622 e. The van der Waals surface area contributed by atoms with Crippen molar-refractivity contribution < 1.29 is 0 Å². The summed E-state index contributed by atoms with van der Waals surface area (Å²) in [6, 6.07) is 70.2. The lowest BCUT2D eigenvalue weighted by atomic mass is 9.85. The van der Waals surface area contributed by atoms with E-state index in [-0.39, 0.29) is 0 Å². The zero-order chi connectivity index (χ0) is 34.7. The van der Waals surface area contributed by atoms with E-state index in [0.29, 0.717) is 0 Å². The van der Waals surface area contributed by atoms with Crippen LogP contribution in [0.25, 0.3) is 90.0 Å². The summed E-state index contributed by atoms with van der Waals surface area (Å²) >= 11 is 0. The molecule has 0 atom stereocenters. The molecule has 9 aromatic carbocycles. The van der Waals surface area contributed by atoms with Crippen LogP contribution in [0.15, 0.2) is 194 Å². The molecule has 0 spiro atoms. The van der Waals surface area contributed by atoms with Gasteiger partial charge in [0.25, 0.3) is 0 Å². The molecule has 0 saturated heterocycles. The zero-order valence-electron chi connectivity index (χ0n) is 28.8. The first-order valence-corrected chi connectivity index (χ1v) is 17.9. The van der Waals surface area contributed by atoms with Crippen molar-refractivity contribution in [2.75, 3.05) is 0 Å². The lowest BCUT2D eigenvalue weighted by Crippen LogP contribution is -1.91. The second-order valence-corrected chi connectivity index (χ2v) is 13.3. The largest absolute Gasteiger partial charge is 0.0622 e. The molecule has 0 heteroatoms. The second kappa shape index (κ2) is 13.9. The SMILES string of the molecule is C(=Cc1ccc(C=Cc2ccccc2)c(-c2ccc(-c3c4ccccc4c(-c4ccc5ccccc5c4)c4ccccc34)cc2)c1)c1ccccc1. The quantitative estimate of drug-likeness (QED) is 0.118. The van der Waals surface area contributed by atoms with Gasteiger partial charge in [0.2, 0.25) is 0 Å². The highest BCUT2D eigenvalue weighted by atomic mass is 14.2. The molecule has 0 aromatic heterocycles. The van der Waals surface area contributed by atoms with Crippen LogP contribution in [0.2, 0.25) is 0 Å². The van der Waals surface area contributed by atoms with E-state index >= 15 is 0 Å². The molecule has 0 amide bonds. The summed E-state index contributed by atoms with van der Waals surface area (Å²) in [5, 5.41) is 7.57. The molecule has 244 valence electrons. The van der Waals surface area contributed by atoms with Crippen molar-refractivity contribution in [2.45, 2.75) is 0 Å². The summed E-state index contributed by atoms with van der Waals surface area (Å²) < 4.78 is 0.